The quantitative estimate of drug-likeness (QED) is 0.419. The molecule has 0 spiro atoms. The van der Waals surface area contributed by atoms with Crippen molar-refractivity contribution < 1.29 is 50.7 Å². The van der Waals surface area contributed by atoms with Crippen LogP contribution in [-0.2, 0) is 16.8 Å². The summed E-state index contributed by atoms with van der Waals surface area (Å²) in [5.74, 6) is 0. The summed E-state index contributed by atoms with van der Waals surface area (Å²) >= 11 is 0. The minimum absolute atomic E-state index is 0. The van der Waals surface area contributed by atoms with Gasteiger partial charge in [0.05, 0.1) is 0 Å². The molecule has 2 aromatic rings. The van der Waals surface area contributed by atoms with Crippen LogP contribution in [0.1, 0.15) is 22.3 Å². The minimum Gasteiger partial charge on any atom is -1.00 e. The summed E-state index contributed by atoms with van der Waals surface area (Å²) in [7, 11) is 2.18. The molecule has 153 valence electrons. The molecule has 0 atom stereocenters. The molecule has 0 saturated carbocycles. The van der Waals surface area contributed by atoms with E-state index in [1.54, 1.807) is 0 Å². The number of nitrogens with one attached hydrogen (secondary N) is 2. The van der Waals surface area contributed by atoms with Crippen molar-refractivity contribution in [3.63, 3.8) is 0 Å². The molecule has 2 rings (SSSR count). The Bertz CT molecular complexity index is 582. The van der Waals surface area contributed by atoms with Crippen LogP contribution < -0.4 is 44.6 Å². The average molecular weight is 544 g/mol. The van der Waals surface area contributed by atoms with Crippen molar-refractivity contribution in [2.75, 3.05) is 43.9 Å². The largest absolute Gasteiger partial charge is 2.00 e. The average Bonchev–Trinajstić information content (AvgIpc) is 2.53. The number of likely N-dealkylation sites (N-methyl/N-ethyl adjacent to an activating group) is 1. The van der Waals surface area contributed by atoms with Gasteiger partial charge in [-0.3, -0.25) is 0 Å². The molecule has 27 heavy (non-hydrogen) atoms. The molecule has 0 fully saturated rings. The second-order valence-corrected chi connectivity index (χ2v) is 6.69. The van der Waals surface area contributed by atoms with Crippen molar-refractivity contribution >= 4 is 11.4 Å². The van der Waals surface area contributed by atoms with Gasteiger partial charge >= 0.3 is 16.8 Å². The number of rotatable bonds is 8. The predicted octanol–water partition coefficient (Wildman–Crippen LogP) is -1.62. The first-order chi connectivity index (χ1) is 11.5. The second kappa shape index (κ2) is 14.5. The third-order valence-electron chi connectivity index (χ3n) is 4.55. The molecule has 6 heteroatoms. The standard InChI is InChI=1S/C21H31N3.2BrH.Co/c1-16-8-6-9-17(2)20(16)22-12-14-24(5)15-13-23-21-18(3)10-7-11-19(21)4;;;/h6-11,22-23H,12-15H2,1-5H3;2*1H;/q;;;+2/p-2. The summed E-state index contributed by atoms with van der Waals surface area (Å²) in [5, 5.41) is 7.15. The van der Waals surface area contributed by atoms with E-state index in [-0.39, 0.29) is 50.7 Å². The van der Waals surface area contributed by atoms with E-state index in [9.17, 15) is 0 Å². The number of aryl methyl sites for hydroxylation is 4. The zero-order chi connectivity index (χ0) is 17.5. The van der Waals surface area contributed by atoms with Crippen LogP contribution in [0.2, 0.25) is 0 Å². The predicted molar refractivity (Wildman–Crippen MR) is 106 cm³/mol. The van der Waals surface area contributed by atoms with Gasteiger partial charge in [-0.1, -0.05) is 36.4 Å². The van der Waals surface area contributed by atoms with Crippen LogP contribution in [0.4, 0.5) is 11.4 Å². The first kappa shape index (κ1) is 28.7. The van der Waals surface area contributed by atoms with Gasteiger partial charge in [-0.25, -0.2) is 0 Å². The fraction of sp³-hybridized carbons (Fsp3) is 0.429. The SMILES string of the molecule is Cc1cccc(C)c1NCCN(C)CCNc1c(C)cccc1C.[Br-].[Br-].[Co+2]. The number of hydrogen-bond donors (Lipinski definition) is 2. The molecule has 2 N–H and O–H groups in total. The van der Waals surface area contributed by atoms with Gasteiger partial charge in [-0.15, -0.1) is 0 Å². The molecular formula is C21H31Br2CoN3. The summed E-state index contributed by atoms with van der Waals surface area (Å²) in [4.78, 5) is 2.36. The van der Waals surface area contributed by atoms with Gasteiger partial charge in [-0.2, -0.15) is 0 Å². The van der Waals surface area contributed by atoms with Crippen molar-refractivity contribution in [2.45, 2.75) is 27.7 Å². The zero-order valence-corrected chi connectivity index (χ0v) is 21.0. The molecule has 0 aliphatic carbocycles. The minimum atomic E-state index is 0. The van der Waals surface area contributed by atoms with Gasteiger partial charge in [0.25, 0.3) is 0 Å². The molecule has 1 radical (unpaired) electrons. The third-order valence-corrected chi connectivity index (χ3v) is 4.55. The van der Waals surface area contributed by atoms with Crippen LogP contribution in [0.3, 0.4) is 0 Å². The second-order valence-electron chi connectivity index (χ2n) is 6.69. The van der Waals surface area contributed by atoms with Crippen molar-refractivity contribution in [2.24, 2.45) is 0 Å². The van der Waals surface area contributed by atoms with E-state index in [4.69, 9.17) is 0 Å². The monoisotopic (exact) mass is 542 g/mol. The van der Waals surface area contributed by atoms with E-state index < -0.39 is 0 Å². The summed E-state index contributed by atoms with van der Waals surface area (Å²) in [5.41, 5.74) is 7.81. The smallest absolute Gasteiger partial charge is 1.00 e. The van der Waals surface area contributed by atoms with Gasteiger partial charge in [0, 0.05) is 37.6 Å². The normalized spacial score (nSPS) is 9.70. The molecule has 0 aliphatic heterocycles. The van der Waals surface area contributed by atoms with E-state index in [0.29, 0.717) is 0 Å². The first-order valence-electron chi connectivity index (χ1n) is 8.77. The molecule has 0 heterocycles. The number of nitrogens with zero attached hydrogens (tertiary/aromatic N) is 1. The van der Waals surface area contributed by atoms with E-state index in [1.165, 1.54) is 33.6 Å². The summed E-state index contributed by atoms with van der Waals surface area (Å²) in [6.07, 6.45) is 0. The van der Waals surface area contributed by atoms with Crippen molar-refractivity contribution in [3.05, 3.63) is 58.7 Å². The molecule has 0 aromatic heterocycles. The van der Waals surface area contributed by atoms with E-state index in [2.05, 4.69) is 86.7 Å². The maximum Gasteiger partial charge on any atom is 2.00 e. The number of benzene rings is 2. The molecular weight excluding hydrogens is 513 g/mol. The Balaban J connectivity index is 0. The third kappa shape index (κ3) is 9.00. The number of halogens is 2. The number of anilines is 2. The van der Waals surface area contributed by atoms with Gasteiger partial charge in [-0.05, 0) is 57.0 Å². The molecule has 0 bridgehead atoms. The Morgan fingerprint density at radius 1 is 0.667 bits per heavy atom. The molecule has 3 nitrogen and oxygen atoms in total. The van der Waals surface area contributed by atoms with Crippen LogP contribution in [0.15, 0.2) is 36.4 Å². The first-order valence-corrected chi connectivity index (χ1v) is 8.77. The molecule has 0 saturated heterocycles. The summed E-state index contributed by atoms with van der Waals surface area (Å²) in [6.45, 7) is 12.6. The molecule has 0 aliphatic rings. The summed E-state index contributed by atoms with van der Waals surface area (Å²) < 4.78 is 0. The Hall–Kier alpha value is -0.534. The molecule has 0 amide bonds. The summed E-state index contributed by atoms with van der Waals surface area (Å²) in [6, 6.07) is 12.9. The Morgan fingerprint density at radius 2 is 0.963 bits per heavy atom. The van der Waals surface area contributed by atoms with Crippen LogP contribution in [-0.4, -0.2) is 38.1 Å². The van der Waals surface area contributed by atoms with E-state index in [0.717, 1.165) is 26.2 Å². The van der Waals surface area contributed by atoms with Gasteiger partial charge < -0.3 is 49.5 Å². The fourth-order valence-electron chi connectivity index (χ4n) is 3.04. The van der Waals surface area contributed by atoms with Crippen LogP contribution >= 0.6 is 0 Å². The van der Waals surface area contributed by atoms with E-state index >= 15 is 0 Å². The Kier molecular flexibility index (Phi) is 15.4. The number of para-hydroxylation sites is 2. The van der Waals surface area contributed by atoms with Crippen molar-refractivity contribution in [1.82, 2.24) is 4.90 Å². The van der Waals surface area contributed by atoms with Gasteiger partial charge in [0.15, 0.2) is 0 Å². The van der Waals surface area contributed by atoms with Crippen LogP contribution in [0.25, 0.3) is 0 Å². The fourth-order valence-corrected chi connectivity index (χ4v) is 3.04. The van der Waals surface area contributed by atoms with Gasteiger partial charge in [0.2, 0.25) is 0 Å². The van der Waals surface area contributed by atoms with Gasteiger partial charge in [0.1, 0.15) is 0 Å². The molecule has 0 unspecified atom stereocenters. The maximum absolute atomic E-state index is 3.58. The topological polar surface area (TPSA) is 27.3 Å². The Labute approximate surface area is 196 Å². The van der Waals surface area contributed by atoms with Crippen LogP contribution in [0, 0.1) is 27.7 Å². The van der Waals surface area contributed by atoms with Crippen molar-refractivity contribution in [3.8, 4) is 0 Å². The van der Waals surface area contributed by atoms with E-state index in [1.807, 2.05) is 0 Å². The maximum atomic E-state index is 3.58. The number of hydrogen-bond acceptors (Lipinski definition) is 3. The zero-order valence-electron chi connectivity index (χ0n) is 16.8. The van der Waals surface area contributed by atoms with Crippen LogP contribution in [0.5, 0.6) is 0 Å². The Morgan fingerprint density at radius 3 is 1.26 bits per heavy atom. The molecule has 2 aromatic carbocycles. The van der Waals surface area contributed by atoms with Crippen molar-refractivity contribution in [1.29, 1.82) is 0 Å².